The lowest BCUT2D eigenvalue weighted by molar-refractivity contribution is -0.137. The zero-order chi connectivity index (χ0) is 15.0. The first-order valence-corrected chi connectivity index (χ1v) is 5.98. The first kappa shape index (κ1) is 14.3. The van der Waals surface area contributed by atoms with Crippen LogP contribution >= 0.6 is 0 Å². The van der Waals surface area contributed by atoms with Gasteiger partial charge >= 0.3 is 6.18 Å². The number of carbonyl (C=O) groups excluding carboxylic acids is 1. The molecule has 1 aromatic rings. The van der Waals surface area contributed by atoms with Gasteiger partial charge in [0.1, 0.15) is 0 Å². The van der Waals surface area contributed by atoms with Crippen molar-refractivity contribution in [1.29, 1.82) is 5.26 Å². The lowest BCUT2D eigenvalue weighted by atomic mass is 9.77. The van der Waals surface area contributed by atoms with Crippen molar-refractivity contribution in [3.8, 4) is 6.07 Å². The smallest absolute Gasteiger partial charge is 0.324 e. The van der Waals surface area contributed by atoms with Crippen molar-refractivity contribution in [3.05, 3.63) is 29.3 Å². The number of hydrogen-bond donors (Lipinski definition) is 2. The Bertz CT molecular complexity index is 586. The molecule has 20 heavy (non-hydrogen) atoms. The van der Waals surface area contributed by atoms with Crippen molar-refractivity contribution in [2.24, 2.45) is 5.73 Å². The van der Waals surface area contributed by atoms with Crippen LogP contribution in [0.1, 0.15) is 30.4 Å². The first-order chi connectivity index (χ1) is 9.26. The summed E-state index contributed by atoms with van der Waals surface area (Å²) < 4.78 is 38.3. The van der Waals surface area contributed by atoms with Crippen molar-refractivity contribution < 1.29 is 18.0 Å². The van der Waals surface area contributed by atoms with Crippen LogP contribution in [0.3, 0.4) is 0 Å². The van der Waals surface area contributed by atoms with E-state index >= 15 is 0 Å². The Balaban J connectivity index is 2.26. The lowest BCUT2D eigenvalue weighted by Gasteiger charge is -2.36. The molecular formula is C13H12F3N3O. The summed E-state index contributed by atoms with van der Waals surface area (Å²) in [5.74, 6) is -0.499. The Morgan fingerprint density at radius 1 is 1.40 bits per heavy atom. The average molecular weight is 283 g/mol. The molecule has 0 saturated heterocycles. The summed E-state index contributed by atoms with van der Waals surface area (Å²) >= 11 is 0. The second-order valence-corrected chi connectivity index (χ2v) is 4.83. The fourth-order valence-corrected chi connectivity index (χ4v) is 1.99. The maximum absolute atomic E-state index is 12.8. The molecule has 1 aromatic carbocycles. The zero-order valence-corrected chi connectivity index (χ0v) is 10.4. The molecule has 3 N–H and O–H groups in total. The second kappa shape index (κ2) is 4.80. The van der Waals surface area contributed by atoms with E-state index in [1.54, 1.807) is 0 Å². The van der Waals surface area contributed by atoms with Crippen LogP contribution in [0.4, 0.5) is 18.9 Å². The van der Waals surface area contributed by atoms with Gasteiger partial charge in [-0.15, -0.1) is 0 Å². The fraction of sp³-hybridized carbons (Fsp3) is 0.385. The molecule has 0 aromatic heterocycles. The first-order valence-electron chi connectivity index (χ1n) is 5.98. The lowest BCUT2D eigenvalue weighted by Crippen LogP contribution is -2.56. The van der Waals surface area contributed by atoms with Crippen LogP contribution in [0.2, 0.25) is 0 Å². The van der Waals surface area contributed by atoms with E-state index in [0.29, 0.717) is 12.8 Å². The van der Waals surface area contributed by atoms with Crippen molar-refractivity contribution in [2.45, 2.75) is 31.0 Å². The molecule has 0 aliphatic heterocycles. The molecule has 0 spiro atoms. The number of hydrogen-bond acceptors (Lipinski definition) is 3. The third-order valence-corrected chi connectivity index (χ3v) is 3.40. The van der Waals surface area contributed by atoms with E-state index in [9.17, 15) is 18.0 Å². The van der Waals surface area contributed by atoms with Crippen LogP contribution < -0.4 is 11.1 Å². The highest BCUT2D eigenvalue weighted by Crippen LogP contribution is 2.34. The van der Waals surface area contributed by atoms with E-state index in [2.05, 4.69) is 5.32 Å². The number of amides is 1. The fourth-order valence-electron chi connectivity index (χ4n) is 1.99. The van der Waals surface area contributed by atoms with E-state index < -0.39 is 28.7 Å². The Morgan fingerprint density at radius 2 is 2.05 bits per heavy atom. The standard InChI is InChI=1S/C13H12F3N3O/c14-13(15,16)10-6-9(3-2-8(10)7-17)19-11(20)12(18)4-1-5-12/h2-3,6H,1,4-5,18H2,(H,19,20). The van der Waals surface area contributed by atoms with Crippen LogP contribution in [0.5, 0.6) is 0 Å². The highest BCUT2D eigenvalue weighted by molar-refractivity contribution is 5.98. The van der Waals surface area contributed by atoms with Crippen molar-refractivity contribution in [3.63, 3.8) is 0 Å². The predicted molar refractivity (Wildman–Crippen MR) is 65.6 cm³/mol. The van der Waals surface area contributed by atoms with Gasteiger partial charge in [-0.05, 0) is 37.5 Å². The molecular weight excluding hydrogens is 271 g/mol. The molecule has 0 radical (unpaired) electrons. The number of anilines is 1. The molecule has 0 unspecified atom stereocenters. The monoisotopic (exact) mass is 283 g/mol. The molecule has 0 bridgehead atoms. The van der Waals surface area contributed by atoms with Gasteiger partial charge in [-0.3, -0.25) is 4.79 Å². The van der Waals surface area contributed by atoms with Crippen LogP contribution in [-0.4, -0.2) is 11.4 Å². The van der Waals surface area contributed by atoms with Gasteiger partial charge in [0.25, 0.3) is 0 Å². The third kappa shape index (κ3) is 2.60. The van der Waals surface area contributed by atoms with Crippen LogP contribution in [0, 0.1) is 11.3 Å². The summed E-state index contributed by atoms with van der Waals surface area (Å²) in [5.41, 5.74) is 3.22. The molecule has 1 aliphatic rings. The van der Waals surface area contributed by atoms with Gasteiger partial charge in [-0.2, -0.15) is 18.4 Å². The van der Waals surface area contributed by atoms with E-state index in [1.165, 1.54) is 12.1 Å². The van der Waals surface area contributed by atoms with Gasteiger partial charge in [-0.1, -0.05) is 0 Å². The molecule has 1 aliphatic carbocycles. The van der Waals surface area contributed by atoms with Gasteiger partial charge in [0.2, 0.25) is 5.91 Å². The van der Waals surface area contributed by atoms with E-state index in [-0.39, 0.29) is 5.69 Å². The van der Waals surface area contributed by atoms with E-state index in [0.717, 1.165) is 18.6 Å². The number of nitrogens with two attached hydrogens (primary N) is 1. The maximum Gasteiger partial charge on any atom is 0.417 e. The number of rotatable bonds is 2. The summed E-state index contributed by atoms with van der Waals surface area (Å²) in [6.07, 6.45) is -2.80. The highest BCUT2D eigenvalue weighted by atomic mass is 19.4. The SMILES string of the molecule is N#Cc1ccc(NC(=O)C2(N)CCC2)cc1C(F)(F)F. The second-order valence-electron chi connectivity index (χ2n) is 4.83. The summed E-state index contributed by atoms with van der Waals surface area (Å²) in [7, 11) is 0. The number of halogens is 3. The molecule has 1 fully saturated rings. The Morgan fingerprint density at radius 3 is 2.50 bits per heavy atom. The number of alkyl halides is 3. The van der Waals surface area contributed by atoms with Crippen molar-refractivity contribution in [2.75, 3.05) is 5.32 Å². The molecule has 0 heterocycles. The molecule has 106 valence electrons. The number of benzene rings is 1. The van der Waals surface area contributed by atoms with Gasteiger partial charge in [0.05, 0.1) is 22.7 Å². The Kier molecular flexibility index (Phi) is 3.44. The number of nitrogens with one attached hydrogen (secondary N) is 1. The molecule has 1 saturated carbocycles. The minimum absolute atomic E-state index is 0.0157. The largest absolute Gasteiger partial charge is 0.417 e. The van der Waals surface area contributed by atoms with Crippen LogP contribution in [-0.2, 0) is 11.0 Å². The molecule has 4 nitrogen and oxygen atoms in total. The van der Waals surface area contributed by atoms with Gasteiger partial charge in [0, 0.05) is 5.69 Å². The number of nitrogens with zero attached hydrogens (tertiary/aromatic N) is 1. The molecule has 2 rings (SSSR count). The Labute approximate surface area is 113 Å². The number of nitriles is 1. The van der Waals surface area contributed by atoms with Gasteiger partial charge in [0.15, 0.2) is 0 Å². The minimum atomic E-state index is -4.65. The third-order valence-electron chi connectivity index (χ3n) is 3.40. The van der Waals surface area contributed by atoms with E-state index in [4.69, 9.17) is 11.0 Å². The zero-order valence-electron chi connectivity index (χ0n) is 10.4. The summed E-state index contributed by atoms with van der Waals surface area (Å²) in [6.45, 7) is 0. The summed E-state index contributed by atoms with van der Waals surface area (Å²) in [6, 6.07) is 4.51. The summed E-state index contributed by atoms with van der Waals surface area (Å²) in [4.78, 5) is 11.8. The Hall–Kier alpha value is -2.07. The van der Waals surface area contributed by atoms with Gasteiger partial charge in [-0.25, -0.2) is 0 Å². The van der Waals surface area contributed by atoms with Gasteiger partial charge < -0.3 is 11.1 Å². The normalized spacial score (nSPS) is 16.9. The highest BCUT2D eigenvalue weighted by Gasteiger charge is 2.40. The van der Waals surface area contributed by atoms with E-state index in [1.807, 2.05) is 0 Å². The maximum atomic E-state index is 12.8. The van der Waals surface area contributed by atoms with Crippen LogP contribution in [0.15, 0.2) is 18.2 Å². The van der Waals surface area contributed by atoms with Crippen LogP contribution in [0.25, 0.3) is 0 Å². The molecule has 0 atom stereocenters. The minimum Gasteiger partial charge on any atom is -0.324 e. The summed E-state index contributed by atoms with van der Waals surface area (Å²) in [5, 5.41) is 11.0. The topological polar surface area (TPSA) is 78.9 Å². The number of carbonyl (C=O) groups is 1. The van der Waals surface area contributed by atoms with Crippen molar-refractivity contribution in [1.82, 2.24) is 0 Å². The predicted octanol–water partition coefficient (Wildman–Crippen LogP) is 2.40. The molecule has 1 amide bonds. The average Bonchev–Trinajstić information content (AvgIpc) is 2.34. The van der Waals surface area contributed by atoms with Crippen molar-refractivity contribution >= 4 is 11.6 Å². The quantitative estimate of drug-likeness (QED) is 0.874. The molecule has 7 heteroatoms.